The fourth-order valence-corrected chi connectivity index (χ4v) is 15.0. The quantitative estimate of drug-likeness (QED) is 0.250. The largest absolute Gasteiger partial charge is 0.494 e. The molecule has 6 rings (SSSR count). The summed E-state index contributed by atoms with van der Waals surface area (Å²) in [6.07, 6.45) is 3.45. The van der Waals surface area contributed by atoms with Crippen LogP contribution in [0.25, 0.3) is 0 Å². The van der Waals surface area contributed by atoms with Gasteiger partial charge in [-0.2, -0.15) is 0 Å². The molecule has 0 amide bonds. The maximum atomic E-state index is 8.01. The van der Waals surface area contributed by atoms with Crippen LogP contribution in [0.1, 0.15) is 135 Å². The molecule has 0 spiro atoms. The first kappa shape index (κ1) is 43.0. The van der Waals surface area contributed by atoms with Crippen LogP contribution in [-0.2, 0) is 36.2 Å². The second kappa shape index (κ2) is 14.0. The summed E-state index contributed by atoms with van der Waals surface area (Å²) < 4.78 is 47.9. The Morgan fingerprint density at radius 3 is 1.15 bits per heavy atom. The van der Waals surface area contributed by atoms with Crippen molar-refractivity contribution < 1.29 is 32.8 Å². The summed E-state index contributed by atoms with van der Waals surface area (Å²) >= 11 is 0. The van der Waals surface area contributed by atoms with Crippen LogP contribution in [0.4, 0.5) is 0 Å². The predicted octanol–water partition coefficient (Wildman–Crippen LogP) is 8.30. The fourth-order valence-electron chi connectivity index (χ4n) is 8.94. The molecular weight excluding hydrogens is 718 g/mol. The Morgan fingerprint density at radius 2 is 0.855 bits per heavy atom. The minimum absolute atomic E-state index is 0.0811. The highest BCUT2D eigenvalue weighted by Gasteiger charge is 2.58. The van der Waals surface area contributed by atoms with Gasteiger partial charge in [0, 0.05) is 0 Å². The first-order valence-corrected chi connectivity index (χ1v) is 25.6. The van der Waals surface area contributed by atoms with Crippen molar-refractivity contribution in [2.24, 2.45) is 0 Å². The van der Waals surface area contributed by atoms with Gasteiger partial charge in [-0.1, -0.05) is 78.9 Å². The molecule has 0 N–H and O–H groups in total. The minimum Gasteiger partial charge on any atom is -0.487 e. The lowest BCUT2D eigenvalue weighted by atomic mass is 9.77. The van der Waals surface area contributed by atoms with E-state index in [0.29, 0.717) is 0 Å². The standard InChI is InChI=1S/C44H72B2O7Si2/c1-37(2,3)54(17)43(15,35-25-19-29-27-31(21-23-33(29)47-35)45-50-39(7,8)40(9,10)51-45)49-44(16,55(18)38(4,5)6)36-26-20-30-28-32(22-24-34(30)48-36)46-52-41(11,12)42(13,14)53-46/h21-24,27-28,35-36,54-55H,19-20,25-26H2,1-18H3/t35-,36-,43?,44?,54?,55?/m1/s1. The van der Waals surface area contributed by atoms with Crippen LogP contribution in [0.5, 0.6) is 11.5 Å². The Labute approximate surface area is 338 Å². The van der Waals surface area contributed by atoms with Crippen molar-refractivity contribution in [2.45, 2.75) is 205 Å². The third-order valence-corrected chi connectivity index (χ3v) is 24.8. The highest BCUT2D eigenvalue weighted by molar-refractivity contribution is 6.66. The van der Waals surface area contributed by atoms with Gasteiger partial charge in [0.1, 0.15) is 23.7 Å². The van der Waals surface area contributed by atoms with Crippen molar-refractivity contribution in [3.63, 3.8) is 0 Å². The van der Waals surface area contributed by atoms with Gasteiger partial charge in [-0.3, -0.25) is 0 Å². The van der Waals surface area contributed by atoms with Gasteiger partial charge < -0.3 is 32.8 Å². The molecule has 4 aliphatic rings. The van der Waals surface area contributed by atoms with Gasteiger partial charge in [0.15, 0.2) is 0 Å². The van der Waals surface area contributed by atoms with Crippen LogP contribution in [0.3, 0.4) is 0 Å². The number of benzene rings is 2. The zero-order chi connectivity index (χ0) is 40.9. The molecule has 4 unspecified atom stereocenters. The summed E-state index contributed by atoms with van der Waals surface area (Å²) in [5, 5.41) is -0.718. The maximum absolute atomic E-state index is 8.01. The Kier molecular flexibility index (Phi) is 11.0. The lowest BCUT2D eigenvalue weighted by Gasteiger charge is -2.56. The van der Waals surface area contributed by atoms with E-state index in [9.17, 15) is 0 Å². The fraction of sp³-hybridized carbons (Fsp3) is 0.727. The third-order valence-electron chi connectivity index (χ3n) is 15.1. The van der Waals surface area contributed by atoms with Crippen LogP contribution >= 0.6 is 0 Å². The molecule has 55 heavy (non-hydrogen) atoms. The summed E-state index contributed by atoms with van der Waals surface area (Å²) in [6, 6.07) is 13.0. The summed E-state index contributed by atoms with van der Waals surface area (Å²) in [5.74, 6) is 1.90. The topological polar surface area (TPSA) is 64.6 Å². The predicted molar refractivity (Wildman–Crippen MR) is 233 cm³/mol. The third kappa shape index (κ3) is 7.83. The van der Waals surface area contributed by atoms with Gasteiger partial charge >= 0.3 is 14.2 Å². The molecular formula is C44H72B2O7Si2. The summed E-state index contributed by atoms with van der Waals surface area (Å²) in [7, 11) is -4.13. The first-order valence-electron chi connectivity index (χ1n) is 21.0. The molecule has 4 heterocycles. The molecule has 2 saturated heterocycles. The van der Waals surface area contributed by atoms with E-state index in [0.717, 1.165) is 48.1 Å². The average molecular weight is 791 g/mol. The Bertz CT molecular complexity index is 1590. The van der Waals surface area contributed by atoms with E-state index in [1.165, 1.54) is 11.1 Å². The molecule has 304 valence electrons. The number of rotatable bonds is 8. The van der Waals surface area contributed by atoms with Crippen LogP contribution in [-0.4, -0.2) is 76.9 Å². The number of hydrogen-bond acceptors (Lipinski definition) is 7. The summed E-state index contributed by atoms with van der Waals surface area (Å²) in [6.45, 7) is 41.0. The molecule has 0 bridgehead atoms. The number of fused-ring (bicyclic) bond motifs is 2. The zero-order valence-electron chi connectivity index (χ0n) is 37.6. The molecule has 2 aromatic rings. The molecule has 2 aromatic carbocycles. The maximum Gasteiger partial charge on any atom is 0.494 e. The van der Waals surface area contributed by atoms with Crippen molar-refractivity contribution in [3.8, 4) is 11.5 Å². The molecule has 0 aromatic heterocycles. The first-order chi connectivity index (χ1) is 25.0. The van der Waals surface area contributed by atoms with E-state index in [1.54, 1.807) is 0 Å². The molecule has 0 aliphatic carbocycles. The van der Waals surface area contributed by atoms with Crippen molar-refractivity contribution in [3.05, 3.63) is 47.5 Å². The van der Waals surface area contributed by atoms with E-state index in [1.807, 2.05) is 0 Å². The van der Waals surface area contributed by atoms with Gasteiger partial charge in [-0.15, -0.1) is 0 Å². The normalized spacial score (nSPS) is 27.5. The van der Waals surface area contributed by atoms with E-state index >= 15 is 0 Å². The van der Waals surface area contributed by atoms with Crippen LogP contribution in [0, 0.1) is 0 Å². The highest BCUT2D eigenvalue weighted by Crippen LogP contribution is 2.49. The van der Waals surface area contributed by atoms with Crippen LogP contribution in [0.15, 0.2) is 36.4 Å². The lowest BCUT2D eigenvalue weighted by Crippen LogP contribution is -2.69. The summed E-state index contributed by atoms with van der Waals surface area (Å²) in [4.78, 5) is 0. The van der Waals surface area contributed by atoms with Gasteiger partial charge in [0.25, 0.3) is 0 Å². The van der Waals surface area contributed by atoms with E-state index in [4.69, 9.17) is 32.8 Å². The van der Waals surface area contributed by atoms with Crippen molar-refractivity contribution in [1.29, 1.82) is 0 Å². The summed E-state index contributed by atoms with van der Waals surface area (Å²) in [5.41, 5.74) is 2.98. The number of hydrogen-bond donors (Lipinski definition) is 0. The Balaban J connectivity index is 1.30. The SMILES string of the molecule is C[SiH](C(C)(C)C)C(C)(OC(C)([C@H]1CCc2cc(B3OC(C)(C)C(C)(C)O3)ccc2O1)[SiH](C)C(C)(C)C)[C@H]1CCc2cc(B3OC(C)(C)C(C)(C)O3)ccc2O1. The van der Waals surface area contributed by atoms with E-state index in [2.05, 4.69) is 160 Å². The Hall–Kier alpha value is -1.60. The zero-order valence-corrected chi connectivity index (χ0v) is 39.9. The van der Waals surface area contributed by atoms with Crippen molar-refractivity contribution in [1.82, 2.24) is 0 Å². The molecule has 0 saturated carbocycles. The van der Waals surface area contributed by atoms with Crippen LogP contribution < -0.4 is 20.4 Å². The molecule has 2 fully saturated rings. The number of aryl methyl sites for hydroxylation is 2. The van der Waals surface area contributed by atoms with Crippen molar-refractivity contribution >= 4 is 42.8 Å². The monoisotopic (exact) mass is 791 g/mol. The Morgan fingerprint density at radius 1 is 0.545 bits per heavy atom. The molecule has 11 heteroatoms. The molecule has 6 atom stereocenters. The van der Waals surface area contributed by atoms with E-state index in [-0.39, 0.29) is 44.7 Å². The van der Waals surface area contributed by atoms with Crippen LogP contribution in [0.2, 0.25) is 23.2 Å². The van der Waals surface area contributed by atoms with Gasteiger partial charge in [-0.25, -0.2) is 0 Å². The smallest absolute Gasteiger partial charge is 0.487 e. The molecule has 7 nitrogen and oxygen atoms in total. The second-order valence-corrected chi connectivity index (χ2v) is 30.5. The minimum atomic E-state index is -1.67. The molecule has 0 radical (unpaired) electrons. The average Bonchev–Trinajstić information content (AvgIpc) is 3.44. The number of ether oxygens (including phenoxy) is 3. The highest BCUT2D eigenvalue weighted by atomic mass is 28.3. The lowest BCUT2D eigenvalue weighted by molar-refractivity contribution is -0.150. The van der Waals surface area contributed by atoms with Crippen molar-refractivity contribution in [2.75, 3.05) is 0 Å². The van der Waals surface area contributed by atoms with Gasteiger partial charge in [0.2, 0.25) is 0 Å². The second-order valence-electron chi connectivity index (χ2n) is 21.8. The molecule has 4 aliphatic heterocycles. The van der Waals surface area contributed by atoms with Gasteiger partial charge in [0.05, 0.1) is 50.4 Å². The van der Waals surface area contributed by atoms with Gasteiger partial charge in [-0.05, 0) is 139 Å². The van der Waals surface area contributed by atoms with E-state index < -0.39 is 42.3 Å².